The van der Waals surface area contributed by atoms with Gasteiger partial charge in [0.15, 0.2) is 5.82 Å². The summed E-state index contributed by atoms with van der Waals surface area (Å²) in [7, 11) is -3.95. The lowest BCUT2D eigenvalue weighted by Crippen LogP contribution is -2.58. The number of nitrogens with zero attached hydrogens (tertiary/aromatic N) is 3. The fraction of sp³-hybridized carbons (Fsp3) is 0.522. The lowest BCUT2D eigenvalue weighted by atomic mass is 10.0. The van der Waals surface area contributed by atoms with Crippen molar-refractivity contribution in [2.45, 2.75) is 139 Å². The highest BCUT2D eigenvalue weighted by Gasteiger charge is 2.62. The van der Waals surface area contributed by atoms with Crippen LogP contribution in [0.15, 0.2) is 59.0 Å². The highest BCUT2D eigenvalue weighted by Crippen LogP contribution is 2.46. The molecule has 2 aliphatic heterocycles. The molecule has 3 aliphatic carbocycles. The number of hydrogen-bond donors (Lipinski definition) is 3. The molecule has 0 spiro atoms. The molecule has 64 heavy (non-hydrogen) atoms. The van der Waals surface area contributed by atoms with Crippen molar-refractivity contribution in [2.75, 3.05) is 6.54 Å². The third kappa shape index (κ3) is 9.24. The Hall–Kier alpha value is -5.78. The van der Waals surface area contributed by atoms with Crippen molar-refractivity contribution >= 4 is 55.9 Å². The molecule has 0 unspecified atom stereocenters. The Morgan fingerprint density at radius 2 is 1.73 bits per heavy atom. The molecule has 4 amide bonds. The second-order valence-electron chi connectivity index (χ2n) is 18.0. The normalized spacial score (nSPS) is 25.6. The molecule has 4 aromatic rings. The molecule has 1 saturated heterocycles. The van der Waals surface area contributed by atoms with Gasteiger partial charge in [0, 0.05) is 23.3 Å². The van der Waals surface area contributed by atoms with Crippen LogP contribution in [-0.2, 0) is 29.1 Å². The Morgan fingerprint density at radius 1 is 0.969 bits per heavy atom. The number of sulfonamides is 1. The van der Waals surface area contributed by atoms with Crippen molar-refractivity contribution in [3.05, 3.63) is 60.4 Å². The number of carbonyl (C=O) groups is 4. The number of halogens is 1. The van der Waals surface area contributed by atoms with E-state index in [1.807, 2.05) is 26.0 Å². The molecule has 3 N–H and O–H groups in total. The van der Waals surface area contributed by atoms with Crippen LogP contribution in [0.2, 0.25) is 0 Å². The van der Waals surface area contributed by atoms with Crippen LogP contribution in [0.25, 0.3) is 33.5 Å². The van der Waals surface area contributed by atoms with E-state index >= 15 is 0 Å². The number of allylic oxidation sites excluding steroid dienone is 1. The number of fused-ring (bicyclic) bond motifs is 5. The van der Waals surface area contributed by atoms with Crippen molar-refractivity contribution in [1.82, 2.24) is 30.2 Å². The maximum Gasteiger partial charge on any atom is 0.408 e. The molecule has 3 saturated carbocycles. The van der Waals surface area contributed by atoms with E-state index in [4.69, 9.17) is 28.6 Å². The topological polar surface area (TPSA) is 208 Å². The Balaban J connectivity index is 1.06. The van der Waals surface area contributed by atoms with Crippen LogP contribution >= 0.6 is 0 Å². The summed E-state index contributed by atoms with van der Waals surface area (Å²) in [6, 6.07) is 8.92. The first-order valence-electron chi connectivity index (χ1n) is 22.4. The van der Waals surface area contributed by atoms with Gasteiger partial charge in [-0.05, 0) is 121 Å². The first-order valence-corrected chi connectivity index (χ1v) is 24.0. The van der Waals surface area contributed by atoms with Gasteiger partial charge in [0.05, 0.1) is 17.9 Å². The predicted octanol–water partition coefficient (Wildman–Crippen LogP) is 6.36. The van der Waals surface area contributed by atoms with Crippen molar-refractivity contribution < 1.29 is 50.6 Å². The summed E-state index contributed by atoms with van der Waals surface area (Å²) in [4.78, 5) is 67.6. The summed E-state index contributed by atoms with van der Waals surface area (Å²) < 4.78 is 67.2. The van der Waals surface area contributed by atoms with Crippen LogP contribution in [0, 0.1) is 11.7 Å². The average Bonchev–Trinajstić information content (AvgIpc) is 4.07. The molecule has 4 fully saturated rings. The molecule has 2 aromatic heterocycles. The molecule has 16 nitrogen and oxygen atoms in total. The summed E-state index contributed by atoms with van der Waals surface area (Å²) in [5, 5.41) is 5.40. The van der Waals surface area contributed by atoms with E-state index in [0.717, 1.165) is 38.5 Å². The Kier molecular flexibility index (Phi) is 12.0. The first-order chi connectivity index (χ1) is 30.8. The fourth-order valence-electron chi connectivity index (χ4n) is 9.09. The van der Waals surface area contributed by atoms with Crippen LogP contribution in [0.3, 0.4) is 0 Å². The quantitative estimate of drug-likeness (QED) is 0.149. The van der Waals surface area contributed by atoms with E-state index in [-0.39, 0.29) is 60.8 Å². The lowest BCUT2D eigenvalue weighted by molar-refractivity contribution is -0.141. The summed E-state index contributed by atoms with van der Waals surface area (Å²) in [6.45, 7) is 3.70. The zero-order valence-corrected chi connectivity index (χ0v) is 36.7. The second-order valence-corrected chi connectivity index (χ2v) is 19.9. The molecule has 0 bridgehead atoms. The van der Waals surface area contributed by atoms with E-state index in [2.05, 4.69) is 15.4 Å². The fourth-order valence-corrected chi connectivity index (χ4v) is 10.5. The molecule has 5 aliphatic rings. The van der Waals surface area contributed by atoms with Gasteiger partial charge in [-0.1, -0.05) is 25.0 Å². The maximum atomic E-state index is 14.8. The van der Waals surface area contributed by atoms with Gasteiger partial charge in [0.25, 0.3) is 11.8 Å². The molecular weight excluding hydrogens is 848 g/mol. The van der Waals surface area contributed by atoms with E-state index in [0.29, 0.717) is 48.0 Å². The Morgan fingerprint density at radius 3 is 2.48 bits per heavy atom. The Labute approximate surface area is 370 Å². The summed E-state index contributed by atoms with van der Waals surface area (Å²) >= 11 is 0. The monoisotopic (exact) mass is 900 g/mol. The smallest absolute Gasteiger partial charge is 0.408 e. The van der Waals surface area contributed by atoms with E-state index in [1.165, 1.54) is 23.1 Å². The standard InChI is InChI=1S/C46H53FN6O10S/c1-26(2)60-31-17-14-27(15-18-31)40-49-38-34-22-29(47)16-21-37(34)63-39(38)42(50-40)61-32-23-36-41(54)51-46(44(56)52-64(58,59)33-19-20-33)24-28(46)10-6-4-3-5-7-13-35(43(55)53(36)25-32)48-45(57)62-30-11-8-9-12-30/h6,10,14-18,21-22,26,28,30,32-33,35-36H,3-5,7-9,11-13,19-20,23-25H2,1-2H3,(H,48,57)(H,51,54)(H,52,56)/t28-,32-,35+,36+,46-/m1/s1. The molecular formula is C46H53FN6O10S. The number of benzene rings is 2. The molecule has 5 atom stereocenters. The third-order valence-electron chi connectivity index (χ3n) is 12.7. The number of rotatable bonds is 10. The number of nitrogens with one attached hydrogen (secondary N) is 3. The van der Waals surface area contributed by atoms with Crippen LogP contribution < -0.4 is 24.8 Å². The van der Waals surface area contributed by atoms with Crippen molar-refractivity contribution in [2.24, 2.45) is 5.92 Å². The zero-order chi connectivity index (χ0) is 44.8. The minimum Gasteiger partial charge on any atom is -0.491 e. The second kappa shape index (κ2) is 17.7. The van der Waals surface area contributed by atoms with Gasteiger partial charge in [-0.25, -0.2) is 22.6 Å². The molecule has 9 rings (SSSR count). The van der Waals surface area contributed by atoms with E-state index in [9.17, 15) is 32.0 Å². The lowest BCUT2D eigenvalue weighted by Gasteiger charge is -2.30. The molecule has 0 radical (unpaired) electrons. The predicted molar refractivity (Wildman–Crippen MR) is 232 cm³/mol. The van der Waals surface area contributed by atoms with Gasteiger partial charge in [-0.3, -0.25) is 19.1 Å². The number of carbonyl (C=O) groups excluding carboxylic acids is 4. The van der Waals surface area contributed by atoms with Gasteiger partial charge < -0.3 is 34.2 Å². The summed E-state index contributed by atoms with van der Waals surface area (Å²) in [6.07, 6.45) is 9.24. The minimum absolute atomic E-state index is 0.0111. The van der Waals surface area contributed by atoms with Crippen LogP contribution in [0.5, 0.6) is 11.6 Å². The van der Waals surface area contributed by atoms with Gasteiger partial charge in [-0.2, -0.15) is 4.98 Å². The summed E-state index contributed by atoms with van der Waals surface area (Å²) in [5.41, 5.74) is -0.231. The number of hydrogen-bond acceptors (Lipinski definition) is 12. The van der Waals surface area contributed by atoms with Crippen molar-refractivity contribution in [1.29, 1.82) is 0 Å². The number of amides is 4. The SMILES string of the molecule is CC(C)Oc1ccc(-c2nc(O[C@@H]3C[C@H]4C(=O)N[C@]5(C(=O)NS(=O)(=O)C6CC6)C[C@H]5C=CCCCCC[C@H](NC(=O)OC5CCCC5)C(=O)N4C3)c3oc4ccc(F)cc4c3n2)cc1. The van der Waals surface area contributed by atoms with Crippen LogP contribution in [0.1, 0.15) is 97.3 Å². The number of ether oxygens (including phenoxy) is 3. The van der Waals surface area contributed by atoms with Crippen LogP contribution in [-0.4, -0.2) is 94.8 Å². The van der Waals surface area contributed by atoms with E-state index in [1.54, 1.807) is 24.3 Å². The van der Waals surface area contributed by atoms with Gasteiger partial charge >= 0.3 is 6.09 Å². The highest BCUT2D eigenvalue weighted by molar-refractivity contribution is 7.91. The van der Waals surface area contributed by atoms with Crippen LogP contribution in [0.4, 0.5) is 9.18 Å². The molecule has 2 aromatic carbocycles. The third-order valence-corrected chi connectivity index (χ3v) is 14.5. The first kappa shape index (κ1) is 43.5. The summed E-state index contributed by atoms with van der Waals surface area (Å²) in [5.74, 6) is -2.17. The van der Waals surface area contributed by atoms with Crippen molar-refractivity contribution in [3.63, 3.8) is 0 Å². The number of furan rings is 1. The zero-order valence-electron chi connectivity index (χ0n) is 35.8. The number of aromatic nitrogens is 2. The number of alkyl carbamates (subject to hydrolysis) is 1. The molecule has 18 heteroatoms. The highest BCUT2D eigenvalue weighted by atomic mass is 32.2. The van der Waals surface area contributed by atoms with Gasteiger partial charge in [0.2, 0.25) is 27.4 Å². The average molecular weight is 901 g/mol. The van der Waals surface area contributed by atoms with Gasteiger partial charge in [-0.15, -0.1) is 0 Å². The molecule has 340 valence electrons. The van der Waals surface area contributed by atoms with Crippen molar-refractivity contribution in [3.8, 4) is 23.0 Å². The van der Waals surface area contributed by atoms with E-state index < -0.39 is 74.5 Å². The van der Waals surface area contributed by atoms with Gasteiger partial charge in [0.1, 0.15) is 52.5 Å². The largest absolute Gasteiger partial charge is 0.491 e. The maximum absolute atomic E-state index is 14.8. The minimum atomic E-state index is -3.95. The Bertz CT molecular complexity index is 2590. The molecule has 4 heterocycles.